The maximum atomic E-state index is 12.6. The highest BCUT2D eigenvalue weighted by Gasteiger charge is 2.39. The van der Waals surface area contributed by atoms with Crippen molar-refractivity contribution >= 4 is 14.1 Å². The van der Waals surface area contributed by atoms with Gasteiger partial charge in [0.2, 0.25) is 0 Å². The summed E-state index contributed by atoms with van der Waals surface area (Å²) in [5.41, 5.74) is 3.51. The molecule has 0 spiro atoms. The molecule has 0 radical (unpaired) electrons. The molecule has 1 rings (SSSR count). The first-order chi connectivity index (χ1) is 11.3. The topological polar surface area (TPSA) is 26.3 Å². The van der Waals surface area contributed by atoms with E-state index in [-0.39, 0.29) is 17.8 Å². The van der Waals surface area contributed by atoms with Crippen LogP contribution in [0.5, 0.6) is 0 Å². The van der Waals surface area contributed by atoms with Gasteiger partial charge in [0.1, 0.15) is 0 Å². The van der Waals surface area contributed by atoms with Gasteiger partial charge in [0.25, 0.3) is 0 Å². The Balaban J connectivity index is 2.90. The molecule has 24 heavy (non-hydrogen) atoms. The average Bonchev–Trinajstić information content (AvgIpc) is 2.80. The molecule has 0 saturated carbocycles. The van der Waals surface area contributed by atoms with Crippen LogP contribution in [0.2, 0.25) is 18.1 Å². The van der Waals surface area contributed by atoms with Gasteiger partial charge >= 0.3 is 0 Å². The van der Waals surface area contributed by atoms with E-state index in [2.05, 4.69) is 59.8 Å². The van der Waals surface area contributed by atoms with E-state index in [1.54, 1.807) is 0 Å². The van der Waals surface area contributed by atoms with Crippen LogP contribution < -0.4 is 0 Å². The number of rotatable bonds is 9. The molecule has 1 aliphatic rings. The quantitative estimate of drug-likeness (QED) is 0.365. The second kappa shape index (κ2) is 9.52. The van der Waals surface area contributed by atoms with Crippen LogP contribution in [0.15, 0.2) is 34.9 Å². The molecule has 2 atom stereocenters. The van der Waals surface area contributed by atoms with Crippen molar-refractivity contribution in [3.8, 4) is 0 Å². The SMILES string of the molecule is CC[Si](CC)(CC)O[C@@H]1C=C(C)C(=O)[C@H]1/C=C(\C)CCC=C(C)C. The van der Waals surface area contributed by atoms with Crippen molar-refractivity contribution in [2.24, 2.45) is 5.92 Å². The smallest absolute Gasteiger partial charge is 0.192 e. The number of carbonyl (C=O) groups is 1. The van der Waals surface area contributed by atoms with E-state index in [0.29, 0.717) is 0 Å². The highest BCUT2D eigenvalue weighted by atomic mass is 28.4. The molecule has 0 fully saturated rings. The van der Waals surface area contributed by atoms with Crippen LogP contribution in [-0.4, -0.2) is 20.2 Å². The van der Waals surface area contributed by atoms with Gasteiger partial charge in [-0.2, -0.15) is 0 Å². The molecular weight excluding hydrogens is 312 g/mol. The zero-order chi connectivity index (χ0) is 18.3. The normalized spacial score (nSPS) is 21.9. The predicted molar refractivity (Wildman–Crippen MR) is 107 cm³/mol. The monoisotopic (exact) mass is 348 g/mol. The van der Waals surface area contributed by atoms with E-state index in [0.717, 1.165) is 36.5 Å². The number of hydrogen-bond acceptors (Lipinski definition) is 2. The molecule has 3 heteroatoms. The van der Waals surface area contributed by atoms with Crippen LogP contribution >= 0.6 is 0 Å². The molecule has 0 amide bonds. The van der Waals surface area contributed by atoms with Crippen molar-refractivity contribution < 1.29 is 9.22 Å². The van der Waals surface area contributed by atoms with Crippen LogP contribution in [-0.2, 0) is 9.22 Å². The summed E-state index contributed by atoms with van der Waals surface area (Å²) in [7, 11) is -1.71. The number of ketones is 1. The van der Waals surface area contributed by atoms with Gasteiger partial charge in [0, 0.05) is 0 Å². The maximum absolute atomic E-state index is 12.6. The Morgan fingerprint density at radius 3 is 2.25 bits per heavy atom. The molecule has 0 saturated heterocycles. The first kappa shape index (κ1) is 21.1. The summed E-state index contributed by atoms with van der Waals surface area (Å²) in [4.78, 5) is 12.6. The van der Waals surface area contributed by atoms with Crippen LogP contribution in [0.3, 0.4) is 0 Å². The molecule has 1 aliphatic carbocycles. The zero-order valence-corrected chi connectivity index (χ0v) is 17.7. The Kier molecular flexibility index (Phi) is 8.38. The van der Waals surface area contributed by atoms with Gasteiger partial charge in [-0.1, -0.05) is 44.1 Å². The maximum Gasteiger partial charge on any atom is 0.192 e. The summed E-state index contributed by atoms with van der Waals surface area (Å²) in [6.45, 7) is 15.0. The molecule has 0 aliphatic heterocycles. The summed E-state index contributed by atoms with van der Waals surface area (Å²) < 4.78 is 6.63. The number of hydrogen-bond donors (Lipinski definition) is 0. The van der Waals surface area contributed by atoms with Gasteiger partial charge in [0.15, 0.2) is 14.1 Å². The predicted octanol–water partition coefficient (Wildman–Crippen LogP) is 6.21. The number of carbonyl (C=O) groups excluding carboxylic acids is 1. The lowest BCUT2D eigenvalue weighted by molar-refractivity contribution is -0.118. The lowest BCUT2D eigenvalue weighted by Gasteiger charge is -2.32. The summed E-state index contributed by atoms with van der Waals surface area (Å²) in [6.07, 6.45) is 8.49. The molecule has 0 bridgehead atoms. The Bertz CT molecular complexity index is 512. The molecule has 0 heterocycles. The lowest BCUT2D eigenvalue weighted by atomic mass is 9.97. The Morgan fingerprint density at radius 2 is 1.75 bits per heavy atom. The minimum Gasteiger partial charge on any atom is -0.409 e. The second-order valence-corrected chi connectivity index (χ2v) is 12.1. The average molecular weight is 349 g/mol. The van der Waals surface area contributed by atoms with Crippen LogP contribution in [0.4, 0.5) is 0 Å². The van der Waals surface area contributed by atoms with Crippen LogP contribution in [0, 0.1) is 5.92 Å². The van der Waals surface area contributed by atoms with Gasteiger partial charge < -0.3 is 4.43 Å². The molecular formula is C21H36O2Si. The van der Waals surface area contributed by atoms with Crippen LogP contribution in [0.1, 0.15) is 61.3 Å². The van der Waals surface area contributed by atoms with E-state index in [4.69, 9.17) is 4.43 Å². The van der Waals surface area contributed by atoms with E-state index >= 15 is 0 Å². The second-order valence-electron chi connectivity index (χ2n) is 7.40. The molecule has 0 aromatic carbocycles. The molecule has 0 N–H and O–H groups in total. The third kappa shape index (κ3) is 5.56. The summed E-state index contributed by atoms with van der Waals surface area (Å²) in [6, 6.07) is 3.36. The number of allylic oxidation sites excluding steroid dienone is 4. The van der Waals surface area contributed by atoms with E-state index in [1.165, 1.54) is 11.1 Å². The molecule has 0 aromatic heterocycles. The van der Waals surface area contributed by atoms with Gasteiger partial charge in [0.05, 0.1) is 12.0 Å². The first-order valence-corrected chi connectivity index (χ1v) is 12.0. The zero-order valence-electron chi connectivity index (χ0n) is 16.7. The van der Waals surface area contributed by atoms with Gasteiger partial charge in [-0.3, -0.25) is 4.79 Å². The van der Waals surface area contributed by atoms with E-state index in [9.17, 15) is 4.79 Å². The molecule has 0 aromatic rings. The highest BCUT2D eigenvalue weighted by Crippen LogP contribution is 2.33. The summed E-state index contributed by atoms with van der Waals surface area (Å²) in [5, 5.41) is 0. The third-order valence-electron chi connectivity index (χ3n) is 5.33. The summed E-state index contributed by atoms with van der Waals surface area (Å²) in [5.74, 6) is 0.126. The van der Waals surface area contributed by atoms with Gasteiger partial charge in [-0.15, -0.1) is 0 Å². The molecule has 0 unspecified atom stereocenters. The van der Waals surface area contributed by atoms with Crippen molar-refractivity contribution in [3.05, 3.63) is 34.9 Å². The van der Waals surface area contributed by atoms with Crippen molar-refractivity contribution in [3.63, 3.8) is 0 Å². The Labute approximate surface area is 150 Å². The van der Waals surface area contributed by atoms with Crippen molar-refractivity contribution in [1.29, 1.82) is 0 Å². The van der Waals surface area contributed by atoms with Gasteiger partial charge in [-0.05, 0) is 70.3 Å². The van der Waals surface area contributed by atoms with E-state index < -0.39 is 8.32 Å². The first-order valence-electron chi connectivity index (χ1n) is 9.49. The fourth-order valence-corrected chi connectivity index (χ4v) is 6.18. The molecule has 2 nitrogen and oxygen atoms in total. The van der Waals surface area contributed by atoms with Crippen molar-refractivity contribution in [2.75, 3.05) is 0 Å². The Hall–Kier alpha value is -0.933. The van der Waals surface area contributed by atoms with Crippen molar-refractivity contribution in [1.82, 2.24) is 0 Å². The van der Waals surface area contributed by atoms with Gasteiger partial charge in [-0.25, -0.2) is 0 Å². The Morgan fingerprint density at radius 1 is 1.17 bits per heavy atom. The van der Waals surface area contributed by atoms with Crippen LogP contribution in [0.25, 0.3) is 0 Å². The summed E-state index contributed by atoms with van der Waals surface area (Å²) >= 11 is 0. The highest BCUT2D eigenvalue weighted by molar-refractivity contribution is 6.73. The largest absolute Gasteiger partial charge is 0.409 e. The number of Topliss-reactive ketones (excluding diaryl/α,β-unsaturated/α-hetero) is 1. The fraction of sp³-hybridized carbons (Fsp3) is 0.667. The minimum atomic E-state index is -1.71. The standard InChI is InChI=1S/C21H36O2Si/c1-8-24(9-2,10-3)23-20-15-18(7)21(22)19(20)14-17(6)13-11-12-16(4)5/h12,14-15,19-20H,8-11,13H2,1-7H3/b17-14+/t19-,20+/m0/s1. The molecule has 136 valence electrons. The van der Waals surface area contributed by atoms with Crippen molar-refractivity contribution in [2.45, 2.75) is 85.5 Å². The lowest BCUT2D eigenvalue weighted by Crippen LogP contribution is -2.41. The fourth-order valence-electron chi connectivity index (χ4n) is 3.39. The van der Waals surface area contributed by atoms with E-state index in [1.807, 2.05) is 6.92 Å². The third-order valence-corrected chi connectivity index (χ3v) is 9.97. The minimum absolute atomic E-state index is 0.0533.